The van der Waals surface area contributed by atoms with Gasteiger partial charge in [0.15, 0.2) is 11.5 Å². The molecule has 1 aromatic rings. The van der Waals surface area contributed by atoms with Crippen molar-refractivity contribution in [2.75, 3.05) is 20.8 Å². The Balaban J connectivity index is 1.66. The number of fused-ring (bicyclic) bond motifs is 1. The summed E-state index contributed by atoms with van der Waals surface area (Å²) in [6.07, 6.45) is 4.00. The van der Waals surface area contributed by atoms with Crippen molar-refractivity contribution in [3.63, 3.8) is 0 Å². The van der Waals surface area contributed by atoms with Crippen LogP contribution in [0.2, 0.25) is 0 Å². The summed E-state index contributed by atoms with van der Waals surface area (Å²) in [5.74, 6) is 3.18. The van der Waals surface area contributed by atoms with Crippen molar-refractivity contribution in [3.8, 4) is 11.5 Å². The molecule has 1 saturated carbocycles. The Kier molecular flexibility index (Phi) is 4.27. The molecule has 1 aromatic carbocycles. The largest absolute Gasteiger partial charge is 0.493 e. The van der Waals surface area contributed by atoms with Crippen LogP contribution in [0.25, 0.3) is 0 Å². The number of amides is 1. The Morgan fingerprint density at radius 2 is 1.95 bits per heavy atom. The van der Waals surface area contributed by atoms with E-state index in [4.69, 9.17) is 9.47 Å². The van der Waals surface area contributed by atoms with Crippen LogP contribution in [0.1, 0.15) is 31.7 Å². The van der Waals surface area contributed by atoms with Crippen LogP contribution in [0.4, 0.5) is 0 Å². The van der Waals surface area contributed by atoms with Gasteiger partial charge >= 0.3 is 0 Å². The average molecular weight is 303 g/mol. The Morgan fingerprint density at radius 3 is 2.68 bits per heavy atom. The number of benzene rings is 1. The highest BCUT2D eigenvalue weighted by molar-refractivity contribution is 5.79. The maximum Gasteiger partial charge on any atom is 0.223 e. The molecule has 1 aliphatic heterocycles. The fourth-order valence-corrected chi connectivity index (χ4v) is 4.08. The van der Waals surface area contributed by atoms with Crippen LogP contribution in [0.15, 0.2) is 18.2 Å². The van der Waals surface area contributed by atoms with Gasteiger partial charge in [0.2, 0.25) is 5.91 Å². The van der Waals surface area contributed by atoms with E-state index in [1.165, 1.54) is 18.4 Å². The third-order valence-corrected chi connectivity index (χ3v) is 5.14. The first-order valence-electron chi connectivity index (χ1n) is 8.12. The van der Waals surface area contributed by atoms with Crippen molar-refractivity contribution in [2.45, 2.75) is 38.6 Å². The van der Waals surface area contributed by atoms with Gasteiger partial charge in [-0.2, -0.15) is 0 Å². The smallest absolute Gasteiger partial charge is 0.223 e. The number of hydrogen-bond acceptors (Lipinski definition) is 3. The van der Waals surface area contributed by atoms with Gasteiger partial charge in [0.1, 0.15) is 0 Å². The summed E-state index contributed by atoms with van der Waals surface area (Å²) in [4.78, 5) is 14.3. The topological polar surface area (TPSA) is 38.8 Å². The van der Waals surface area contributed by atoms with Gasteiger partial charge in [-0.05, 0) is 48.8 Å². The van der Waals surface area contributed by atoms with Crippen LogP contribution >= 0.6 is 0 Å². The minimum Gasteiger partial charge on any atom is -0.493 e. The van der Waals surface area contributed by atoms with Crippen molar-refractivity contribution in [3.05, 3.63) is 23.8 Å². The number of ether oxygens (including phenoxy) is 2. The number of carbonyl (C=O) groups is 1. The van der Waals surface area contributed by atoms with Crippen molar-refractivity contribution in [1.82, 2.24) is 4.90 Å². The van der Waals surface area contributed by atoms with Gasteiger partial charge in [-0.25, -0.2) is 0 Å². The van der Waals surface area contributed by atoms with Crippen LogP contribution in [-0.2, 0) is 11.2 Å². The van der Waals surface area contributed by atoms with Crippen LogP contribution in [-0.4, -0.2) is 37.6 Å². The SMILES string of the molecule is COc1ccc(CCN2C(=O)CC3CC(C)CC32)cc1OC. The highest BCUT2D eigenvalue weighted by atomic mass is 16.5. The molecular weight excluding hydrogens is 278 g/mol. The van der Waals surface area contributed by atoms with Crippen LogP contribution in [0.3, 0.4) is 0 Å². The molecule has 2 aliphatic rings. The zero-order valence-electron chi connectivity index (χ0n) is 13.7. The number of nitrogens with zero attached hydrogens (tertiary/aromatic N) is 1. The maximum atomic E-state index is 12.2. The van der Waals surface area contributed by atoms with Gasteiger partial charge in [0.25, 0.3) is 0 Å². The first-order valence-corrected chi connectivity index (χ1v) is 8.12. The Morgan fingerprint density at radius 1 is 1.18 bits per heavy atom. The molecule has 1 amide bonds. The fraction of sp³-hybridized carbons (Fsp3) is 0.611. The second kappa shape index (κ2) is 6.19. The molecular formula is C18H25NO3. The first-order chi connectivity index (χ1) is 10.6. The third-order valence-electron chi connectivity index (χ3n) is 5.14. The lowest BCUT2D eigenvalue weighted by Crippen LogP contribution is -2.35. The molecule has 0 aromatic heterocycles. The molecule has 1 heterocycles. The van der Waals surface area contributed by atoms with Crippen LogP contribution < -0.4 is 9.47 Å². The molecule has 4 nitrogen and oxygen atoms in total. The summed E-state index contributed by atoms with van der Waals surface area (Å²) < 4.78 is 10.6. The minimum atomic E-state index is 0.336. The molecule has 0 bridgehead atoms. The predicted molar refractivity (Wildman–Crippen MR) is 85.3 cm³/mol. The van der Waals surface area contributed by atoms with E-state index in [0.717, 1.165) is 36.8 Å². The van der Waals surface area contributed by atoms with Gasteiger partial charge in [-0.3, -0.25) is 4.79 Å². The van der Waals surface area contributed by atoms with E-state index < -0.39 is 0 Å². The highest BCUT2D eigenvalue weighted by Gasteiger charge is 2.44. The maximum absolute atomic E-state index is 12.2. The van der Waals surface area contributed by atoms with E-state index in [-0.39, 0.29) is 0 Å². The summed E-state index contributed by atoms with van der Waals surface area (Å²) in [5, 5.41) is 0. The number of carbonyl (C=O) groups excluding carboxylic acids is 1. The molecule has 120 valence electrons. The van der Waals surface area contributed by atoms with Crippen molar-refractivity contribution in [1.29, 1.82) is 0 Å². The van der Waals surface area contributed by atoms with Crippen molar-refractivity contribution >= 4 is 5.91 Å². The van der Waals surface area contributed by atoms with E-state index in [2.05, 4.69) is 17.9 Å². The lowest BCUT2D eigenvalue weighted by atomic mass is 10.0. The van der Waals surface area contributed by atoms with Crippen molar-refractivity contribution < 1.29 is 14.3 Å². The number of rotatable bonds is 5. The second-order valence-corrected chi connectivity index (χ2v) is 6.63. The zero-order chi connectivity index (χ0) is 15.7. The normalized spacial score (nSPS) is 27.1. The van der Waals surface area contributed by atoms with E-state index in [0.29, 0.717) is 17.9 Å². The van der Waals surface area contributed by atoms with Gasteiger partial charge in [0.05, 0.1) is 14.2 Å². The highest BCUT2D eigenvalue weighted by Crippen LogP contribution is 2.41. The second-order valence-electron chi connectivity index (χ2n) is 6.63. The molecule has 0 radical (unpaired) electrons. The molecule has 1 aliphatic carbocycles. The summed E-state index contributed by atoms with van der Waals surface area (Å²) >= 11 is 0. The number of methoxy groups -OCH3 is 2. The summed E-state index contributed by atoms with van der Waals surface area (Å²) in [6, 6.07) is 6.47. The molecule has 3 atom stereocenters. The zero-order valence-corrected chi connectivity index (χ0v) is 13.7. The molecule has 4 heteroatoms. The Bertz CT molecular complexity index is 557. The van der Waals surface area contributed by atoms with Crippen molar-refractivity contribution in [2.24, 2.45) is 11.8 Å². The number of likely N-dealkylation sites (tertiary alicyclic amines) is 1. The Hall–Kier alpha value is -1.71. The van der Waals surface area contributed by atoms with E-state index in [1.807, 2.05) is 12.1 Å². The average Bonchev–Trinajstić information content (AvgIpc) is 3.00. The molecule has 0 N–H and O–H groups in total. The Labute approximate surface area is 132 Å². The molecule has 0 spiro atoms. The van der Waals surface area contributed by atoms with Gasteiger partial charge in [-0.15, -0.1) is 0 Å². The summed E-state index contributed by atoms with van der Waals surface area (Å²) in [5.41, 5.74) is 1.18. The molecule has 22 heavy (non-hydrogen) atoms. The van der Waals surface area contributed by atoms with Gasteiger partial charge in [-0.1, -0.05) is 13.0 Å². The predicted octanol–water partition coefficient (Wildman–Crippen LogP) is 2.89. The summed E-state index contributed by atoms with van der Waals surface area (Å²) in [6.45, 7) is 3.11. The quantitative estimate of drug-likeness (QED) is 0.839. The standard InChI is InChI=1S/C18H25NO3/c1-12-8-14-11-18(20)19(15(14)9-12)7-6-13-4-5-16(21-2)17(10-13)22-3/h4-5,10,12,14-15H,6-9,11H2,1-3H3. The van der Waals surface area contributed by atoms with E-state index in [1.54, 1.807) is 14.2 Å². The van der Waals surface area contributed by atoms with Gasteiger partial charge in [0, 0.05) is 19.0 Å². The molecule has 2 fully saturated rings. The fourth-order valence-electron chi connectivity index (χ4n) is 4.08. The van der Waals surface area contributed by atoms with Crippen LogP contribution in [0.5, 0.6) is 11.5 Å². The van der Waals surface area contributed by atoms with Gasteiger partial charge < -0.3 is 14.4 Å². The lowest BCUT2D eigenvalue weighted by molar-refractivity contribution is -0.129. The third kappa shape index (κ3) is 2.79. The molecule has 1 saturated heterocycles. The first kappa shape index (κ1) is 15.2. The van der Waals surface area contributed by atoms with Crippen LogP contribution in [0, 0.1) is 11.8 Å². The van der Waals surface area contributed by atoms with E-state index in [9.17, 15) is 4.79 Å². The molecule has 3 unspecified atom stereocenters. The monoisotopic (exact) mass is 303 g/mol. The number of hydrogen-bond donors (Lipinski definition) is 0. The van der Waals surface area contributed by atoms with E-state index >= 15 is 0 Å². The molecule has 3 rings (SSSR count). The summed E-state index contributed by atoms with van der Waals surface area (Å²) in [7, 11) is 3.29. The minimum absolute atomic E-state index is 0.336. The lowest BCUT2D eigenvalue weighted by Gasteiger charge is -2.24.